The number of hydrogen-bond donors (Lipinski definition) is 0. The molecule has 0 fully saturated rings. The van der Waals surface area contributed by atoms with Gasteiger partial charge in [0.15, 0.2) is 0 Å². The minimum absolute atomic E-state index is 0.0777. The first-order valence-electron chi connectivity index (χ1n) is 6.16. The van der Waals surface area contributed by atoms with Gasteiger partial charge in [-0.05, 0) is 19.1 Å². The SMILES string of the molecule is CCn1cc(C#N)c(=O)n(Cc2c(Cl)cccc2Cl)c1=O. The predicted molar refractivity (Wildman–Crippen MR) is 80.9 cm³/mol. The maximum atomic E-state index is 12.2. The van der Waals surface area contributed by atoms with Gasteiger partial charge in [0.25, 0.3) is 5.56 Å². The highest BCUT2D eigenvalue weighted by atomic mass is 35.5. The van der Waals surface area contributed by atoms with Crippen molar-refractivity contribution in [2.75, 3.05) is 0 Å². The van der Waals surface area contributed by atoms with Gasteiger partial charge in [-0.2, -0.15) is 5.26 Å². The molecule has 0 N–H and O–H groups in total. The van der Waals surface area contributed by atoms with Crippen LogP contribution in [0.25, 0.3) is 0 Å². The largest absolute Gasteiger partial charge is 0.331 e. The number of halogens is 2. The van der Waals surface area contributed by atoms with E-state index in [1.54, 1.807) is 31.2 Å². The lowest BCUT2D eigenvalue weighted by Gasteiger charge is -2.11. The van der Waals surface area contributed by atoms with E-state index in [1.165, 1.54) is 10.8 Å². The van der Waals surface area contributed by atoms with Gasteiger partial charge in [-0.1, -0.05) is 29.3 Å². The van der Waals surface area contributed by atoms with Crippen LogP contribution in [0.2, 0.25) is 10.0 Å². The summed E-state index contributed by atoms with van der Waals surface area (Å²) < 4.78 is 2.26. The lowest BCUT2D eigenvalue weighted by Crippen LogP contribution is -2.41. The molecular weight excluding hydrogens is 313 g/mol. The molecule has 7 heteroatoms. The molecule has 0 aliphatic heterocycles. The average molecular weight is 324 g/mol. The number of rotatable bonds is 3. The van der Waals surface area contributed by atoms with E-state index in [0.717, 1.165) is 4.57 Å². The van der Waals surface area contributed by atoms with Gasteiger partial charge in [0.05, 0.1) is 6.54 Å². The molecule has 2 aromatic rings. The molecule has 5 nitrogen and oxygen atoms in total. The van der Waals surface area contributed by atoms with Crippen LogP contribution in [0.4, 0.5) is 0 Å². The summed E-state index contributed by atoms with van der Waals surface area (Å²) >= 11 is 12.1. The average Bonchev–Trinajstić information content (AvgIpc) is 2.46. The standard InChI is InChI=1S/C14H11Cl2N3O2/c1-2-18-7-9(6-17)13(20)19(14(18)21)8-10-11(15)4-3-5-12(10)16/h3-5,7H,2,8H2,1H3. The highest BCUT2D eigenvalue weighted by molar-refractivity contribution is 6.35. The molecule has 0 aliphatic carbocycles. The van der Waals surface area contributed by atoms with Gasteiger partial charge >= 0.3 is 5.69 Å². The quantitative estimate of drug-likeness (QED) is 0.870. The third-order valence-corrected chi connectivity index (χ3v) is 3.78. The molecule has 1 heterocycles. The highest BCUT2D eigenvalue weighted by Crippen LogP contribution is 2.24. The Bertz CT molecular complexity index is 827. The van der Waals surface area contributed by atoms with Crippen LogP contribution in [0.5, 0.6) is 0 Å². The van der Waals surface area contributed by atoms with Crippen molar-refractivity contribution in [3.63, 3.8) is 0 Å². The van der Waals surface area contributed by atoms with Gasteiger partial charge in [-0.15, -0.1) is 0 Å². The number of aryl methyl sites for hydroxylation is 1. The lowest BCUT2D eigenvalue weighted by molar-refractivity contribution is 0.597. The van der Waals surface area contributed by atoms with Gasteiger partial charge in [0, 0.05) is 28.4 Å². The fourth-order valence-corrected chi connectivity index (χ4v) is 2.45. The highest BCUT2D eigenvalue weighted by Gasteiger charge is 2.14. The Kier molecular flexibility index (Phi) is 4.51. The molecule has 1 aromatic heterocycles. The van der Waals surface area contributed by atoms with E-state index >= 15 is 0 Å². The van der Waals surface area contributed by atoms with E-state index in [0.29, 0.717) is 22.2 Å². The minimum atomic E-state index is -0.650. The molecule has 0 saturated heterocycles. The van der Waals surface area contributed by atoms with Crippen molar-refractivity contribution in [3.8, 4) is 6.07 Å². The molecule has 21 heavy (non-hydrogen) atoms. The Balaban J connectivity index is 2.68. The first-order valence-corrected chi connectivity index (χ1v) is 6.92. The summed E-state index contributed by atoms with van der Waals surface area (Å²) in [5.74, 6) is 0. The van der Waals surface area contributed by atoms with Crippen LogP contribution in [0, 0.1) is 11.3 Å². The summed E-state index contributed by atoms with van der Waals surface area (Å²) in [4.78, 5) is 24.4. The third kappa shape index (κ3) is 2.87. The van der Waals surface area contributed by atoms with Crippen molar-refractivity contribution in [1.29, 1.82) is 5.26 Å². The van der Waals surface area contributed by atoms with Gasteiger partial charge in [0.1, 0.15) is 11.6 Å². The summed E-state index contributed by atoms with van der Waals surface area (Å²) in [6, 6.07) is 6.72. The van der Waals surface area contributed by atoms with Crippen LogP contribution in [-0.2, 0) is 13.1 Å². The molecule has 0 radical (unpaired) electrons. The van der Waals surface area contributed by atoms with E-state index in [4.69, 9.17) is 28.5 Å². The summed E-state index contributed by atoms with van der Waals surface area (Å²) in [6.07, 6.45) is 1.26. The number of nitriles is 1. The van der Waals surface area contributed by atoms with Crippen molar-refractivity contribution < 1.29 is 0 Å². The first kappa shape index (κ1) is 15.4. The molecule has 0 atom stereocenters. The summed E-state index contributed by atoms with van der Waals surface area (Å²) in [5, 5.41) is 9.72. The Morgan fingerprint density at radius 1 is 1.24 bits per heavy atom. The summed E-state index contributed by atoms with van der Waals surface area (Å²) in [6.45, 7) is 2.02. The van der Waals surface area contributed by atoms with Crippen molar-refractivity contribution in [2.45, 2.75) is 20.0 Å². The van der Waals surface area contributed by atoms with Gasteiger partial charge in [-0.25, -0.2) is 4.79 Å². The van der Waals surface area contributed by atoms with E-state index in [2.05, 4.69) is 0 Å². The van der Waals surface area contributed by atoms with Crippen LogP contribution in [0.1, 0.15) is 18.1 Å². The second-order valence-electron chi connectivity index (χ2n) is 4.31. The Morgan fingerprint density at radius 3 is 2.38 bits per heavy atom. The van der Waals surface area contributed by atoms with Crippen molar-refractivity contribution in [1.82, 2.24) is 9.13 Å². The molecule has 0 spiro atoms. The Hall–Kier alpha value is -2.03. The van der Waals surface area contributed by atoms with Crippen LogP contribution >= 0.6 is 23.2 Å². The zero-order chi connectivity index (χ0) is 15.6. The van der Waals surface area contributed by atoms with Crippen LogP contribution in [0.15, 0.2) is 34.0 Å². The number of hydrogen-bond acceptors (Lipinski definition) is 3. The second kappa shape index (κ2) is 6.17. The van der Waals surface area contributed by atoms with Gasteiger partial charge < -0.3 is 0 Å². The normalized spacial score (nSPS) is 10.4. The van der Waals surface area contributed by atoms with Gasteiger partial charge in [-0.3, -0.25) is 13.9 Å². The molecule has 0 unspecified atom stereocenters. The zero-order valence-corrected chi connectivity index (χ0v) is 12.6. The number of aromatic nitrogens is 2. The minimum Gasteiger partial charge on any atom is -0.299 e. The summed E-state index contributed by atoms with van der Waals surface area (Å²) in [5.41, 5.74) is -0.780. The summed E-state index contributed by atoms with van der Waals surface area (Å²) in [7, 11) is 0. The smallest absolute Gasteiger partial charge is 0.299 e. The fourth-order valence-electron chi connectivity index (χ4n) is 1.94. The molecule has 0 amide bonds. The third-order valence-electron chi connectivity index (χ3n) is 3.08. The molecule has 108 valence electrons. The number of benzene rings is 1. The monoisotopic (exact) mass is 323 g/mol. The molecule has 1 aromatic carbocycles. The second-order valence-corrected chi connectivity index (χ2v) is 5.13. The lowest BCUT2D eigenvalue weighted by atomic mass is 10.2. The molecule has 0 bridgehead atoms. The van der Waals surface area contributed by atoms with Crippen LogP contribution in [0.3, 0.4) is 0 Å². The Morgan fingerprint density at radius 2 is 1.86 bits per heavy atom. The first-order chi connectivity index (χ1) is 9.99. The van der Waals surface area contributed by atoms with E-state index in [1.807, 2.05) is 0 Å². The van der Waals surface area contributed by atoms with Crippen molar-refractivity contribution >= 4 is 23.2 Å². The van der Waals surface area contributed by atoms with Gasteiger partial charge in [0.2, 0.25) is 0 Å². The molecule has 2 rings (SSSR count). The predicted octanol–water partition coefficient (Wildman–Crippen LogP) is 2.26. The Labute approximate surface area is 130 Å². The fraction of sp³-hybridized carbons (Fsp3) is 0.214. The molecule has 0 aliphatic rings. The van der Waals surface area contributed by atoms with Crippen LogP contribution < -0.4 is 11.2 Å². The van der Waals surface area contributed by atoms with Crippen molar-refractivity contribution in [3.05, 3.63) is 66.4 Å². The van der Waals surface area contributed by atoms with Crippen molar-refractivity contribution in [2.24, 2.45) is 0 Å². The topological polar surface area (TPSA) is 67.8 Å². The van der Waals surface area contributed by atoms with Crippen LogP contribution in [-0.4, -0.2) is 9.13 Å². The maximum Gasteiger partial charge on any atom is 0.331 e. The van der Waals surface area contributed by atoms with E-state index in [-0.39, 0.29) is 12.1 Å². The number of nitrogens with zero attached hydrogens (tertiary/aromatic N) is 3. The molecule has 0 saturated carbocycles. The van der Waals surface area contributed by atoms with E-state index in [9.17, 15) is 9.59 Å². The zero-order valence-electron chi connectivity index (χ0n) is 11.1. The molecular formula is C14H11Cl2N3O2. The maximum absolute atomic E-state index is 12.2. The van der Waals surface area contributed by atoms with E-state index < -0.39 is 11.2 Å².